The van der Waals surface area contributed by atoms with Gasteiger partial charge in [-0.15, -0.1) is 0 Å². The fraction of sp³-hybridized carbons (Fsp3) is 0.700. The molecule has 0 aliphatic rings. The van der Waals surface area contributed by atoms with Crippen molar-refractivity contribution in [3.8, 4) is 0 Å². The molecule has 0 saturated heterocycles. The van der Waals surface area contributed by atoms with E-state index >= 15 is 0 Å². The molecule has 0 amide bonds. The summed E-state index contributed by atoms with van der Waals surface area (Å²) >= 11 is 0.966. The molecular weight excluding hydrogens is 290 g/mol. The topological polar surface area (TPSA) is 117 Å². The van der Waals surface area contributed by atoms with Gasteiger partial charge in [0.05, 0.1) is 19.0 Å². The van der Waals surface area contributed by atoms with Crippen LogP contribution in [0.5, 0.6) is 0 Å². The van der Waals surface area contributed by atoms with E-state index in [0.29, 0.717) is 11.4 Å². The van der Waals surface area contributed by atoms with Crippen LogP contribution in [0.25, 0.3) is 0 Å². The summed E-state index contributed by atoms with van der Waals surface area (Å²) < 4.78 is 28.3. The molecular formula is C10H19N3O4S2. The second-order valence-corrected chi connectivity index (χ2v) is 6.75. The van der Waals surface area contributed by atoms with Gasteiger partial charge < -0.3 is 20.8 Å². The quantitative estimate of drug-likeness (QED) is 0.603. The molecule has 0 saturated carbocycles. The molecule has 7 nitrogen and oxygen atoms in total. The minimum Gasteiger partial charge on any atom is -0.395 e. The first-order valence-corrected chi connectivity index (χ1v) is 8.35. The molecule has 0 aliphatic heterocycles. The highest BCUT2D eigenvalue weighted by Crippen LogP contribution is 2.35. The summed E-state index contributed by atoms with van der Waals surface area (Å²) in [6.07, 6.45) is 0.483. The molecule has 110 valence electrons. The fourth-order valence-electron chi connectivity index (χ4n) is 1.71. The van der Waals surface area contributed by atoms with Gasteiger partial charge in [-0.05, 0) is 18.0 Å². The molecule has 0 atom stereocenters. The van der Waals surface area contributed by atoms with Crippen molar-refractivity contribution in [2.75, 3.05) is 42.7 Å². The number of hydrogen-bond donors (Lipinski definition) is 3. The van der Waals surface area contributed by atoms with E-state index in [-0.39, 0.29) is 42.8 Å². The minimum atomic E-state index is -3.49. The van der Waals surface area contributed by atoms with Gasteiger partial charge in [0.1, 0.15) is 9.90 Å². The third-order valence-electron chi connectivity index (χ3n) is 2.47. The largest absolute Gasteiger partial charge is 0.395 e. The average molecular weight is 309 g/mol. The number of nitrogen functional groups attached to an aromatic ring is 1. The van der Waals surface area contributed by atoms with E-state index in [9.17, 15) is 8.42 Å². The molecule has 0 bridgehead atoms. The maximum absolute atomic E-state index is 12.2. The Bertz CT molecular complexity index is 495. The summed E-state index contributed by atoms with van der Waals surface area (Å²) in [5.41, 5.74) is 5.66. The third kappa shape index (κ3) is 3.78. The number of hydrogen-bond acceptors (Lipinski definition) is 8. The SMILES string of the molecule is CCCS(=O)(=O)c1c(N)nsc1N(CCO)CCO. The van der Waals surface area contributed by atoms with E-state index in [2.05, 4.69) is 4.37 Å². The highest BCUT2D eigenvalue weighted by Gasteiger charge is 2.27. The van der Waals surface area contributed by atoms with Crippen molar-refractivity contribution in [2.24, 2.45) is 0 Å². The van der Waals surface area contributed by atoms with Gasteiger partial charge in [0.15, 0.2) is 15.7 Å². The molecule has 0 fully saturated rings. The van der Waals surface area contributed by atoms with Gasteiger partial charge in [-0.3, -0.25) is 0 Å². The molecule has 0 aromatic carbocycles. The van der Waals surface area contributed by atoms with E-state index < -0.39 is 9.84 Å². The zero-order valence-corrected chi connectivity index (χ0v) is 12.4. The van der Waals surface area contributed by atoms with Crippen molar-refractivity contribution in [1.29, 1.82) is 0 Å². The molecule has 0 unspecified atom stereocenters. The first-order valence-electron chi connectivity index (χ1n) is 5.92. The molecule has 1 heterocycles. The molecule has 19 heavy (non-hydrogen) atoms. The van der Waals surface area contributed by atoms with Crippen molar-refractivity contribution in [1.82, 2.24) is 4.37 Å². The van der Waals surface area contributed by atoms with Crippen LogP contribution in [0.3, 0.4) is 0 Å². The van der Waals surface area contributed by atoms with Gasteiger partial charge in [0, 0.05) is 13.1 Å². The second-order valence-electron chi connectivity index (χ2n) is 3.96. The number of sulfone groups is 1. The van der Waals surface area contributed by atoms with Gasteiger partial charge in [-0.25, -0.2) is 8.42 Å². The molecule has 1 aromatic rings. The average Bonchev–Trinajstić information content (AvgIpc) is 2.71. The number of aliphatic hydroxyl groups excluding tert-OH is 2. The van der Waals surface area contributed by atoms with Crippen LogP contribution in [0.4, 0.5) is 10.8 Å². The summed E-state index contributed by atoms with van der Waals surface area (Å²) in [7, 11) is -3.49. The number of rotatable bonds is 8. The van der Waals surface area contributed by atoms with Crippen LogP contribution in [-0.2, 0) is 9.84 Å². The molecule has 0 spiro atoms. The maximum Gasteiger partial charge on any atom is 0.185 e. The van der Waals surface area contributed by atoms with Gasteiger partial charge in [-0.1, -0.05) is 6.92 Å². The van der Waals surface area contributed by atoms with Crippen LogP contribution in [0.15, 0.2) is 4.90 Å². The van der Waals surface area contributed by atoms with Gasteiger partial charge in [0.25, 0.3) is 0 Å². The Morgan fingerprint density at radius 1 is 1.32 bits per heavy atom. The van der Waals surface area contributed by atoms with Crippen LogP contribution >= 0.6 is 11.5 Å². The maximum atomic E-state index is 12.2. The van der Waals surface area contributed by atoms with Gasteiger partial charge >= 0.3 is 0 Å². The van der Waals surface area contributed by atoms with Crippen LogP contribution in [0.1, 0.15) is 13.3 Å². The van der Waals surface area contributed by atoms with Crippen molar-refractivity contribution in [3.63, 3.8) is 0 Å². The highest BCUT2D eigenvalue weighted by atomic mass is 32.2. The lowest BCUT2D eigenvalue weighted by Gasteiger charge is -2.21. The normalized spacial score (nSPS) is 11.7. The lowest BCUT2D eigenvalue weighted by atomic mass is 10.4. The summed E-state index contributed by atoms with van der Waals surface area (Å²) in [5.74, 6) is -0.0244. The van der Waals surface area contributed by atoms with Crippen LogP contribution in [0, 0.1) is 0 Å². The predicted molar refractivity (Wildman–Crippen MR) is 75.3 cm³/mol. The van der Waals surface area contributed by atoms with E-state index in [1.807, 2.05) is 0 Å². The number of nitrogens with two attached hydrogens (primary N) is 1. The molecule has 0 radical (unpaired) electrons. The molecule has 1 aromatic heterocycles. The summed E-state index contributed by atoms with van der Waals surface area (Å²) in [4.78, 5) is 1.59. The Balaban J connectivity index is 3.22. The van der Waals surface area contributed by atoms with Crippen LogP contribution < -0.4 is 10.6 Å². The molecule has 9 heteroatoms. The van der Waals surface area contributed by atoms with Crippen molar-refractivity contribution < 1.29 is 18.6 Å². The van der Waals surface area contributed by atoms with Crippen molar-refractivity contribution >= 4 is 32.2 Å². The van der Waals surface area contributed by atoms with Crippen molar-refractivity contribution in [2.45, 2.75) is 18.2 Å². The number of nitrogens with zero attached hydrogens (tertiary/aromatic N) is 2. The standard InChI is InChI=1S/C10H19N3O4S2/c1-2-7-19(16,17)8-9(11)12-18-10(8)13(3-5-14)4-6-15/h14-15H,2-7H2,1H3,(H2,11,12). The first kappa shape index (κ1) is 16.2. The third-order valence-corrected chi connectivity index (χ3v) is 5.49. The van der Waals surface area contributed by atoms with Gasteiger partial charge in [-0.2, -0.15) is 4.37 Å². The number of aromatic nitrogens is 1. The second kappa shape index (κ2) is 7.04. The van der Waals surface area contributed by atoms with Crippen LogP contribution in [0.2, 0.25) is 0 Å². The predicted octanol–water partition coefficient (Wildman–Crippen LogP) is -0.300. The monoisotopic (exact) mass is 309 g/mol. The summed E-state index contributed by atoms with van der Waals surface area (Å²) in [5, 5.41) is 18.4. The minimum absolute atomic E-state index is 0.00525. The lowest BCUT2D eigenvalue weighted by molar-refractivity contribution is 0.281. The Morgan fingerprint density at radius 3 is 2.37 bits per heavy atom. The molecule has 4 N–H and O–H groups in total. The first-order chi connectivity index (χ1) is 8.97. The van der Waals surface area contributed by atoms with E-state index in [1.165, 1.54) is 0 Å². The molecule has 0 aliphatic carbocycles. The van der Waals surface area contributed by atoms with Crippen molar-refractivity contribution in [3.05, 3.63) is 0 Å². The van der Waals surface area contributed by atoms with Crippen LogP contribution in [-0.4, -0.2) is 55.1 Å². The van der Waals surface area contributed by atoms with E-state index in [0.717, 1.165) is 11.5 Å². The smallest absolute Gasteiger partial charge is 0.185 e. The molecule has 1 rings (SSSR count). The fourth-order valence-corrected chi connectivity index (χ4v) is 4.52. The highest BCUT2D eigenvalue weighted by molar-refractivity contribution is 7.91. The zero-order valence-electron chi connectivity index (χ0n) is 10.7. The Hall–Kier alpha value is -0.900. The zero-order chi connectivity index (χ0) is 14.5. The summed E-state index contributed by atoms with van der Waals surface area (Å²) in [6, 6.07) is 0. The van der Waals surface area contributed by atoms with Gasteiger partial charge in [0.2, 0.25) is 0 Å². The number of aliphatic hydroxyl groups is 2. The van der Waals surface area contributed by atoms with E-state index in [4.69, 9.17) is 15.9 Å². The summed E-state index contributed by atoms with van der Waals surface area (Å²) in [6.45, 7) is 1.91. The lowest BCUT2D eigenvalue weighted by Crippen LogP contribution is -2.30. The number of anilines is 2. The Kier molecular flexibility index (Phi) is 5.98. The Labute approximate surface area is 116 Å². The Morgan fingerprint density at radius 2 is 1.89 bits per heavy atom. The van der Waals surface area contributed by atoms with E-state index in [1.54, 1.807) is 11.8 Å².